The number of hydrogen-bond donors (Lipinski definition) is 0. The molecule has 0 saturated carbocycles. The molecule has 9 heteroatoms. The second kappa shape index (κ2) is 6.63. The van der Waals surface area contributed by atoms with Gasteiger partial charge in [0.2, 0.25) is 5.95 Å². The van der Waals surface area contributed by atoms with Crippen molar-refractivity contribution in [3.8, 4) is 5.69 Å². The lowest BCUT2D eigenvalue weighted by Gasteiger charge is -2.34. The van der Waals surface area contributed by atoms with Gasteiger partial charge in [-0.1, -0.05) is 0 Å². The van der Waals surface area contributed by atoms with Gasteiger partial charge >= 0.3 is 0 Å². The largest absolute Gasteiger partial charge is 0.337 e. The van der Waals surface area contributed by atoms with E-state index in [1.807, 2.05) is 17.0 Å². The normalized spacial score (nSPS) is 14.6. The average molecular weight is 336 g/mol. The minimum absolute atomic E-state index is 0.0249. The molecular weight excluding hydrogens is 320 g/mol. The molecule has 1 saturated heterocycles. The number of tetrazole rings is 1. The van der Waals surface area contributed by atoms with Gasteiger partial charge in [0.05, 0.1) is 5.69 Å². The van der Waals surface area contributed by atoms with Gasteiger partial charge < -0.3 is 9.80 Å². The number of anilines is 1. The van der Waals surface area contributed by atoms with Crippen LogP contribution in [0.4, 0.5) is 5.95 Å². The Morgan fingerprint density at radius 1 is 0.960 bits per heavy atom. The molecule has 0 N–H and O–H groups in total. The maximum absolute atomic E-state index is 12.7. The molecule has 126 valence electrons. The van der Waals surface area contributed by atoms with Crippen LogP contribution >= 0.6 is 0 Å². The summed E-state index contributed by atoms with van der Waals surface area (Å²) in [6, 6.07) is 9.05. The Labute approximate surface area is 143 Å². The highest BCUT2D eigenvalue weighted by Gasteiger charge is 2.23. The van der Waals surface area contributed by atoms with Crippen molar-refractivity contribution in [2.24, 2.45) is 0 Å². The Morgan fingerprint density at radius 2 is 1.68 bits per heavy atom. The molecule has 1 aliphatic heterocycles. The van der Waals surface area contributed by atoms with Gasteiger partial charge in [-0.25, -0.2) is 14.6 Å². The van der Waals surface area contributed by atoms with E-state index in [1.165, 1.54) is 6.33 Å². The van der Waals surface area contributed by atoms with Crippen LogP contribution in [0.2, 0.25) is 0 Å². The first-order valence-corrected chi connectivity index (χ1v) is 7.96. The molecule has 0 unspecified atom stereocenters. The predicted octanol–water partition coefficient (Wildman–Crippen LogP) is 0.415. The predicted molar refractivity (Wildman–Crippen MR) is 89.3 cm³/mol. The SMILES string of the molecule is O=C(c1ccc(-n2cnnn2)cc1)N1CCN(c2ncccn2)CC1. The molecule has 4 rings (SSSR count). The van der Waals surface area contributed by atoms with Gasteiger partial charge in [-0.05, 0) is 40.8 Å². The van der Waals surface area contributed by atoms with E-state index in [0.717, 1.165) is 18.8 Å². The molecule has 3 aromatic rings. The van der Waals surface area contributed by atoms with Crippen molar-refractivity contribution in [2.45, 2.75) is 0 Å². The number of amides is 1. The van der Waals surface area contributed by atoms with E-state index in [0.29, 0.717) is 24.6 Å². The topological polar surface area (TPSA) is 92.9 Å². The Hall–Kier alpha value is -3.36. The van der Waals surface area contributed by atoms with Crippen LogP contribution in [0.25, 0.3) is 5.69 Å². The molecule has 0 aliphatic carbocycles. The number of carbonyl (C=O) groups excluding carboxylic acids is 1. The number of aromatic nitrogens is 6. The number of carbonyl (C=O) groups is 1. The lowest BCUT2D eigenvalue weighted by atomic mass is 10.1. The van der Waals surface area contributed by atoms with Crippen molar-refractivity contribution in [1.82, 2.24) is 35.1 Å². The fourth-order valence-electron chi connectivity index (χ4n) is 2.78. The number of nitrogens with zero attached hydrogens (tertiary/aromatic N) is 8. The maximum Gasteiger partial charge on any atom is 0.253 e. The molecule has 0 bridgehead atoms. The molecule has 3 heterocycles. The smallest absolute Gasteiger partial charge is 0.253 e. The molecule has 1 amide bonds. The van der Waals surface area contributed by atoms with Crippen molar-refractivity contribution in [1.29, 1.82) is 0 Å². The second-order valence-corrected chi connectivity index (χ2v) is 5.63. The molecule has 1 aliphatic rings. The zero-order chi connectivity index (χ0) is 17.1. The minimum atomic E-state index is 0.0249. The zero-order valence-corrected chi connectivity index (χ0v) is 13.4. The summed E-state index contributed by atoms with van der Waals surface area (Å²) in [6.45, 7) is 2.73. The third-order valence-electron chi connectivity index (χ3n) is 4.13. The minimum Gasteiger partial charge on any atom is -0.337 e. The van der Waals surface area contributed by atoms with Crippen molar-refractivity contribution in [2.75, 3.05) is 31.1 Å². The summed E-state index contributed by atoms with van der Waals surface area (Å²) in [5.74, 6) is 0.734. The highest BCUT2D eigenvalue weighted by Crippen LogP contribution is 2.14. The summed E-state index contributed by atoms with van der Waals surface area (Å²) in [6.07, 6.45) is 4.97. The average Bonchev–Trinajstić information content (AvgIpc) is 3.23. The van der Waals surface area contributed by atoms with Crippen molar-refractivity contribution in [3.05, 3.63) is 54.6 Å². The number of hydrogen-bond acceptors (Lipinski definition) is 7. The summed E-state index contributed by atoms with van der Waals surface area (Å²) < 4.78 is 1.55. The summed E-state index contributed by atoms with van der Waals surface area (Å²) in [5.41, 5.74) is 1.47. The number of benzene rings is 1. The van der Waals surface area contributed by atoms with Crippen molar-refractivity contribution >= 4 is 11.9 Å². The highest BCUT2D eigenvalue weighted by atomic mass is 16.2. The molecule has 1 fully saturated rings. The van der Waals surface area contributed by atoms with Gasteiger partial charge in [0.15, 0.2) is 0 Å². The monoisotopic (exact) mass is 336 g/mol. The molecule has 0 spiro atoms. The molecule has 1 aromatic carbocycles. The van der Waals surface area contributed by atoms with E-state index in [4.69, 9.17) is 0 Å². The lowest BCUT2D eigenvalue weighted by Crippen LogP contribution is -2.49. The fourth-order valence-corrected chi connectivity index (χ4v) is 2.78. The van der Waals surface area contributed by atoms with Crippen LogP contribution < -0.4 is 4.90 Å². The summed E-state index contributed by atoms with van der Waals surface area (Å²) in [5, 5.41) is 11.0. The Kier molecular flexibility index (Phi) is 4.03. The van der Waals surface area contributed by atoms with Gasteiger partial charge in [0.1, 0.15) is 6.33 Å². The van der Waals surface area contributed by atoms with Crippen LogP contribution in [-0.4, -0.2) is 67.2 Å². The highest BCUT2D eigenvalue weighted by molar-refractivity contribution is 5.94. The molecular formula is C16H16N8O. The van der Waals surface area contributed by atoms with Gasteiger partial charge in [-0.3, -0.25) is 4.79 Å². The standard InChI is InChI=1S/C16H16N8O/c25-15(13-2-4-14(5-3-13)24-12-19-20-21-24)22-8-10-23(11-9-22)16-17-6-1-7-18-16/h1-7,12H,8-11H2. The van der Waals surface area contributed by atoms with Gasteiger partial charge in [0.25, 0.3) is 5.91 Å². The zero-order valence-electron chi connectivity index (χ0n) is 13.4. The first-order valence-electron chi connectivity index (χ1n) is 7.96. The van der Waals surface area contributed by atoms with E-state index in [-0.39, 0.29) is 5.91 Å². The van der Waals surface area contributed by atoms with Crippen LogP contribution in [0.3, 0.4) is 0 Å². The molecule has 2 aromatic heterocycles. The third-order valence-corrected chi connectivity index (χ3v) is 4.13. The van der Waals surface area contributed by atoms with Crippen LogP contribution in [0.1, 0.15) is 10.4 Å². The van der Waals surface area contributed by atoms with Crippen molar-refractivity contribution < 1.29 is 4.79 Å². The second-order valence-electron chi connectivity index (χ2n) is 5.63. The Bertz CT molecular complexity index is 826. The molecule has 25 heavy (non-hydrogen) atoms. The van der Waals surface area contributed by atoms with E-state index in [1.54, 1.807) is 35.3 Å². The Morgan fingerprint density at radius 3 is 2.32 bits per heavy atom. The maximum atomic E-state index is 12.7. The molecule has 0 radical (unpaired) electrons. The lowest BCUT2D eigenvalue weighted by molar-refractivity contribution is 0.0746. The number of piperazine rings is 1. The third kappa shape index (κ3) is 3.16. The van der Waals surface area contributed by atoms with Crippen molar-refractivity contribution in [3.63, 3.8) is 0 Å². The van der Waals surface area contributed by atoms with E-state index in [2.05, 4.69) is 30.4 Å². The van der Waals surface area contributed by atoms with E-state index >= 15 is 0 Å². The van der Waals surface area contributed by atoms with Crippen LogP contribution in [-0.2, 0) is 0 Å². The summed E-state index contributed by atoms with van der Waals surface area (Å²) >= 11 is 0. The molecule has 9 nitrogen and oxygen atoms in total. The van der Waals surface area contributed by atoms with Gasteiger partial charge in [-0.2, -0.15) is 0 Å². The van der Waals surface area contributed by atoms with Crippen LogP contribution in [0, 0.1) is 0 Å². The summed E-state index contributed by atoms with van der Waals surface area (Å²) in [4.78, 5) is 25.1. The van der Waals surface area contributed by atoms with Gasteiger partial charge in [0, 0.05) is 44.1 Å². The first kappa shape index (κ1) is 15.2. The van der Waals surface area contributed by atoms with Crippen LogP contribution in [0.5, 0.6) is 0 Å². The molecule has 0 atom stereocenters. The Balaban J connectivity index is 1.40. The summed E-state index contributed by atoms with van der Waals surface area (Å²) in [7, 11) is 0. The fraction of sp³-hybridized carbons (Fsp3) is 0.250. The van der Waals surface area contributed by atoms with E-state index < -0.39 is 0 Å². The van der Waals surface area contributed by atoms with Gasteiger partial charge in [-0.15, -0.1) is 5.10 Å². The van der Waals surface area contributed by atoms with Crippen LogP contribution in [0.15, 0.2) is 49.1 Å². The van der Waals surface area contributed by atoms with E-state index in [9.17, 15) is 4.79 Å². The quantitative estimate of drug-likeness (QED) is 0.684. The first-order chi connectivity index (χ1) is 12.3. The number of rotatable bonds is 3.